The van der Waals surface area contributed by atoms with E-state index in [2.05, 4.69) is 15.9 Å². The van der Waals surface area contributed by atoms with Crippen LogP contribution in [0.25, 0.3) is 0 Å². The molecular weight excluding hydrogens is 240 g/mol. The Hall–Kier alpha value is -0.860. The zero-order valence-corrected chi connectivity index (χ0v) is 9.18. The van der Waals surface area contributed by atoms with E-state index < -0.39 is 5.60 Å². The average Bonchev–Trinajstić information content (AvgIpc) is 2.24. The van der Waals surface area contributed by atoms with Gasteiger partial charge in [-0.15, -0.1) is 0 Å². The van der Waals surface area contributed by atoms with Gasteiger partial charge in [0.05, 0.1) is 4.83 Å². The molecule has 72 valence electrons. The van der Waals surface area contributed by atoms with Gasteiger partial charge >= 0.3 is 0 Å². The molecule has 0 bridgehead atoms. The lowest BCUT2D eigenvalue weighted by Gasteiger charge is -2.30. The highest BCUT2D eigenvalue weighted by Crippen LogP contribution is 2.34. The molecule has 2 atom stereocenters. The van der Waals surface area contributed by atoms with Gasteiger partial charge in [-0.2, -0.15) is 0 Å². The molecule has 0 aromatic heterocycles. The molecule has 0 saturated heterocycles. The topological polar surface area (TPSA) is 20.2 Å². The fourth-order valence-electron chi connectivity index (χ4n) is 1.56. The van der Waals surface area contributed by atoms with Crippen LogP contribution in [0.1, 0.15) is 5.56 Å². The van der Waals surface area contributed by atoms with Crippen molar-refractivity contribution in [3.63, 3.8) is 0 Å². The van der Waals surface area contributed by atoms with Crippen LogP contribution in [-0.4, -0.2) is 9.93 Å². The first kappa shape index (κ1) is 9.69. The molecule has 0 heterocycles. The normalized spacial score (nSPS) is 30.6. The van der Waals surface area contributed by atoms with E-state index in [0.29, 0.717) is 0 Å². The molecule has 1 N–H and O–H groups in total. The smallest absolute Gasteiger partial charge is 0.124 e. The van der Waals surface area contributed by atoms with Gasteiger partial charge in [0, 0.05) is 0 Å². The van der Waals surface area contributed by atoms with E-state index in [1.54, 1.807) is 0 Å². The number of hydrogen-bond acceptors (Lipinski definition) is 1. The number of rotatable bonds is 1. The van der Waals surface area contributed by atoms with Gasteiger partial charge in [-0.1, -0.05) is 64.5 Å². The number of alkyl halides is 1. The summed E-state index contributed by atoms with van der Waals surface area (Å²) in [5.74, 6) is 0. The fraction of sp³-hybridized carbons (Fsp3) is 0.167. The van der Waals surface area contributed by atoms with Crippen LogP contribution < -0.4 is 0 Å². The van der Waals surface area contributed by atoms with Gasteiger partial charge in [-0.25, -0.2) is 0 Å². The lowest BCUT2D eigenvalue weighted by molar-refractivity contribution is 0.0990. The van der Waals surface area contributed by atoms with Crippen LogP contribution in [0.2, 0.25) is 0 Å². The molecule has 0 spiro atoms. The Labute approximate surface area is 91.9 Å². The number of halogens is 1. The SMILES string of the molecule is OC1(c2ccccc2)C=CC=CC1Br. The van der Waals surface area contributed by atoms with Gasteiger partial charge in [-0.3, -0.25) is 0 Å². The minimum Gasteiger partial charge on any atom is -0.379 e. The maximum atomic E-state index is 10.4. The summed E-state index contributed by atoms with van der Waals surface area (Å²) in [5.41, 5.74) is -0.0156. The molecule has 0 aliphatic heterocycles. The third-order valence-electron chi connectivity index (χ3n) is 2.40. The molecule has 2 unspecified atom stereocenters. The minimum absolute atomic E-state index is 0.0672. The summed E-state index contributed by atoms with van der Waals surface area (Å²) < 4.78 is 0. The van der Waals surface area contributed by atoms with Crippen LogP contribution in [0.3, 0.4) is 0 Å². The van der Waals surface area contributed by atoms with Gasteiger partial charge < -0.3 is 5.11 Å². The molecule has 1 aliphatic carbocycles. The number of allylic oxidation sites excluding steroid dienone is 2. The third kappa shape index (κ3) is 1.56. The summed E-state index contributed by atoms with van der Waals surface area (Å²) in [7, 11) is 0. The maximum absolute atomic E-state index is 10.4. The van der Waals surface area contributed by atoms with Crippen LogP contribution in [-0.2, 0) is 5.60 Å². The van der Waals surface area contributed by atoms with Crippen molar-refractivity contribution in [3.8, 4) is 0 Å². The van der Waals surface area contributed by atoms with Gasteiger partial charge in [0.15, 0.2) is 0 Å². The summed E-state index contributed by atoms with van der Waals surface area (Å²) in [6.45, 7) is 0. The number of benzene rings is 1. The monoisotopic (exact) mass is 250 g/mol. The largest absolute Gasteiger partial charge is 0.379 e. The Bertz CT molecular complexity index is 369. The molecule has 1 nitrogen and oxygen atoms in total. The molecule has 1 aliphatic rings. The lowest BCUT2D eigenvalue weighted by atomic mass is 9.87. The second-order valence-electron chi connectivity index (χ2n) is 3.34. The Morgan fingerprint density at radius 1 is 1.14 bits per heavy atom. The third-order valence-corrected chi connectivity index (χ3v) is 3.40. The summed E-state index contributed by atoms with van der Waals surface area (Å²) in [4.78, 5) is -0.0672. The Morgan fingerprint density at radius 2 is 1.86 bits per heavy atom. The summed E-state index contributed by atoms with van der Waals surface area (Å²) in [6, 6.07) is 9.66. The van der Waals surface area contributed by atoms with E-state index in [1.807, 2.05) is 54.6 Å². The minimum atomic E-state index is -0.921. The van der Waals surface area contributed by atoms with Crippen molar-refractivity contribution in [2.24, 2.45) is 0 Å². The van der Waals surface area contributed by atoms with E-state index in [1.165, 1.54) is 0 Å². The van der Waals surface area contributed by atoms with E-state index in [9.17, 15) is 5.11 Å². The van der Waals surface area contributed by atoms with Crippen LogP contribution in [0.5, 0.6) is 0 Å². The fourth-order valence-corrected chi connectivity index (χ4v) is 2.16. The van der Waals surface area contributed by atoms with Crippen LogP contribution in [0, 0.1) is 0 Å². The zero-order valence-electron chi connectivity index (χ0n) is 7.60. The molecular formula is C12H11BrO. The van der Waals surface area contributed by atoms with Crippen molar-refractivity contribution >= 4 is 15.9 Å². The summed E-state index contributed by atoms with van der Waals surface area (Å²) >= 11 is 3.46. The average molecular weight is 251 g/mol. The summed E-state index contributed by atoms with van der Waals surface area (Å²) in [5, 5.41) is 10.4. The molecule has 1 aromatic carbocycles. The standard InChI is InChI=1S/C12H11BrO/c13-11-8-4-5-9-12(11,14)10-6-2-1-3-7-10/h1-9,11,14H. The predicted molar refractivity (Wildman–Crippen MR) is 61.3 cm³/mol. The highest BCUT2D eigenvalue weighted by atomic mass is 79.9. The second kappa shape index (κ2) is 3.71. The highest BCUT2D eigenvalue weighted by Gasteiger charge is 2.33. The van der Waals surface area contributed by atoms with Crippen molar-refractivity contribution in [1.82, 2.24) is 0 Å². The Kier molecular flexibility index (Phi) is 2.57. The van der Waals surface area contributed by atoms with Gasteiger partial charge in [0.25, 0.3) is 0 Å². The van der Waals surface area contributed by atoms with Crippen molar-refractivity contribution in [2.45, 2.75) is 10.4 Å². The zero-order chi connectivity index (χ0) is 10.0. The number of hydrogen-bond donors (Lipinski definition) is 1. The molecule has 0 radical (unpaired) electrons. The van der Waals surface area contributed by atoms with Crippen LogP contribution >= 0.6 is 15.9 Å². The van der Waals surface area contributed by atoms with Gasteiger partial charge in [0.2, 0.25) is 0 Å². The Morgan fingerprint density at radius 3 is 2.50 bits per heavy atom. The van der Waals surface area contributed by atoms with Crippen LogP contribution in [0.15, 0.2) is 54.6 Å². The quantitative estimate of drug-likeness (QED) is 0.761. The molecule has 2 rings (SSSR count). The molecule has 2 heteroatoms. The van der Waals surface area contributed by atoms with Crippen molar-refractivity contribution in [1.29, 1.82) is 0 Å². The highest BCUT2D eigenvalue weighted by molar-refractivity contribution is 9.09. The molecule has 0 fully saturated rings. The van der Waals surface area contributed by atoms with E-state index >= 15 is 0 Å². The first-order valence-electron chi connectivity index (χ1n) is 4.51. The predicted octanol–water partition coefficient (Wildman–Crippen LogP) is 2.76. The Balaban J connectivity index is 2.42. The lowest BCUT2D eigenvalue weighted by Crippen LogP contribution is -2.33. The van der Waals surface area contributed by atoms with E-state index in [0.717, 1.165) is 5.56 Å². The molecule has 0 amide bonds. The molecule has 14 heavy (non-hydrogen) atoms. The van der Waals surface area contributed by atoms with E-state index in [-0.39, 0.29) is 4.83 Å². The van der Waals surface area contributed by atoms with Crippen molar-refractivity contribution in [3.05, 3.63) is 60.2 Å². The van der Waals surface area contributed by atoms with Crippen LogP contribution in [0.4, 0.5) is 0 Å². The first-order valence-corrected chi connectivity index (χ1v) is 5.43. The van der Waals surface area contributed by atoms with Crippen molar-refractivity contribution in [2.75, 3.05) is 0 Å². The van der Waals surface area contributed by atoms with E-state index in [4.69, 9.17) is 0 Å². The first-order chi connectivity index (χ1) is 6.73. The summed E-state index contributed by atoms with van der Waals surface area (Å²) in [6.07, 6.45) is 7.54. The second-order valence-corrected chi connectivity index (χ2v) is 4.32. The van der Waals surface area contributed by atoms with Gasteiger partial charge in [-0.05, 0) is 11.6 Å². The number of aliphatic hydroxyl groups is 1. The molecule has 1 aromatic rings. The maximum Gasteiger partial charge on any atom is 0.124 e. The molecule has 0 saturated carbocycles. The van der Waals surface area contributed by atoms with Crippen molar-refractivity contribution < 1.29 is 5.11 Å². The van der Waals surface area contributed by atoms with Gasteiger partial charge in [0.1, 0.15) is 5.60 Å².